The number of ketones is 1. The van der Waals surface area contributed by atoms with Crippen molar-refractivity contribution in [2.45, 2.75) is 6.92 Å². The highest BCUT2D eigenvalue weighted by Crippen LogP contribution is 2.35. The summed E-state index contributed by atoms with van der Waals surface area (Å²) in [6.45, 7) is 1.98. The lowest BCUT2D eigenvalue weighted by molar-refractivity contribution is 0.104. The van der Waals surface area contributed by atoms with Gasteiger partial charge in [-0.2, -0.15) is 0 Å². The van der Waals surface area contributed by atoms with Crippen LogP contribution in [0.25, 0.3) is 10.1 Å². The summed E-state index contributed by atoms with van der Waals surface area (Å²) in [6, 6.07) is 15.6. The fourth-order valence-corrected chi connectivity index (χ4v) is 3.47. The minimum absolute atomic E-state index is 0.0172. The van der Waals surface area contributed by atoms with E-state index in [0.29, 0.717) is 0 Å². The first-order valence-electron chi connectivity index (χ1n) is 7.33. The molecule has 0 unspecified atom stereocenters. The summed E-state index contributed by atoms with van der Waals surface area (Å²) < 4.78 is 6.96. The Hall–Kier alpha value is -2.59. The fraction of sp³-hybridized carbons (Fsp3) is 0.105. The average Bonchev–Trinajstić information content (AvgIpc) is 2.90. The molecule has 0 atom stereocenters. The maximum Gasteiger partial charge on any atom is 0.197 e. The van der Waals surface area contributed by atoms with E-state index in [1.165, 1.54) is 11.3 Å². The van der Waals surface area contributed by atoms with Crippen LogP contribution in [0.1, 0.15) is 15.2 Å². The zero-order valence-corrected chi connectivity index (χ0v) is 13.8. The molecule has 116 valence electrons. The van der Waals surface area contributed by atoms with Crippen LogP contribution in [0.4, 0.5) is 0 Å². The lowest BCUT2D eigenvalue weighted by atomic mass is 10.1. The van der Waals surface area contributed by atoms with Crippen molar-refractivity contribution in [3.63, 3.8) is 0 Å². The zero-order valence-electron chi connectivity index (χ0n) is 13.0. The van der Waals surface area contributed by atoms with E-state index < -0.39 is 0 Å². The molecular weight excluding hydrogens is 306 g/mol. The Bertz CT molecular complexity index is 866. The standard InChI is InChI=1S/C19H17NO2S/c1-13-16-12-15(22-14-6-4-3-5-7-14)8-9-18(16)23-19(13)17(21)10-11-20-2/h3-12,20H,1-2H3/b11-10+. The lowest BCUT2D eigenvalue weighted by Gasteiger charge is -2.05. The number of nitrogens with one attached hydrogen (secondary N) is 1. The van der Waals surface area contributed by atoms with Gasteiger partial charge >= 0.3 is 0 Å². The summed E-state index contributed by atoms with van der Waals surface area (Å²) in [6.07, 6.45) is 3.20. The minimum Gasteiger partial charge on any atom is -0.457 e. The van der Waals surface area contributed by atoms with E-state index in [9.17, 15) is 4.79 Å². The summed E-state index contributed by atoms with van der Waals surface area (Å²) in [5.74, 6) is 1.59. The van der Waals surface area contributed by atoms with Gasteiger partial charge in [-0.3, -0.25) is 4.79 Å². The molecule has 0 aliphatic carbocycles. The number of fused-ring (bicyclic) bond motifs is 1. The van der Waals surface area contributed by atoms with Gasteiger partial charge in [-0.25, -0.2) is 0 Å². The smallest absolute Gasteiger partial charge is 0.197 e. The molecule has 4 heteroatoms. The van der Waals surface area contributed by atoms with Crippen molar-refractivity contribution in [2.24, 2.45) is 0 Å². The SMILES string of the molecule is CN/C=C/C(=O)c1sc2ccc(Oc3ccccc3)cc2c1C. The highest BCUT2D eigenvalue weighted by Gasteiger charge is 2.14. The number of para-hydroxylation sites is 1. The van der Waals surface area contributed by atoms with E-state index in [1.807, 2.05) is 55.5 Å². The molecule has 0 saturated carbocycles. The van der Waals surface area contributed by atoms with Crippen LogP contribution >= 0.6 is 11.3 Å². The predicted octanol–water partition coefficient (Wildman–Crippen LogP) is 4.92. The van der Waals surface area contributed by atoms with Crippen LogP contribution in [0.5, 0.6) is 11.5 Å². The van der Waals surface area contributed by atoms with Crippen molar-refractivity contribution < 1.29 is 9.53 Å². The summed E-state index contributed by atoms with van der Waals surface area (Å²) in [5, 5.41) is 3.90. The van der Waals surface area contributed by atoms with Crippen LogP contribution < -0.4 is 10.1 Å². The van der Waals surface area contributed by atoms with Crippen molar-refractivity contribution in [3.8, 4) is 11.5 Å². The van der Waals surface area contributed by atoms with Gasteiger partial charge in [0.05, 0.1) is 4.88 Å². The molecule has 1 N–H and O–H groups in total. The van der Waals surface area contributed by atoms with Crippen LogP contribution in [-0.4, -0.2) is 12.8 Å². The maximum absolute atomic E-state index is 12.2. The number of allylic oxidation sites excluding steroid dienone is 1. The number of benzene rings is 2. The highest BCUT2D eigenvalue weighted by molar-refractivity contribution is 7.21. The van der Waals surface area contributed by atoms with E-state index in [-0.39, 0.29) is 5.78 Å². The topological polar surface area (TPSA) is 38.3 Å². The van der Waals surface area contributed by atoms with Crippen molar-refractivity contribution in [1.29, 1.82) is 0 Å². The zero-order chi connectivity index (χ0) is 16.2. The number of hydrogen-bond acceptors (Lipinski definition) is 4. The molecule has 23 heavy (non-hydrogen) atoms. The second kappa shape index (κ2) is 6.67. The maximum atomic E-state index is 12.2. The normalized spacial score (nSPS) is 11.0. The van der Waals surface area contributed by atoms with E-state index in [4.69, 9.17) is 4.74 Å². The van der Waals surface area contributed by atoms with Gasteiger partial charge in [-0.1, -0.05) is 18.2 Å². The van der Waals surface area contributed by atoms with E-state index in [0.717, 1.165) is 32.0 Å². The van der Waals surface area contributed by atoms with Crippen LogP contribution in [-0.2, 0) is 0 Å². The summed E-state index contributed by atoms with van der Waals surface area (Å²) >= 11 is 1.51. The molecular formula is C19H17NO2S. The third kappa shape index (κ3) is 3.27. The molecule has 3 rings (SSSR count). The number of hydrogen-bond donors (Lipinski definition) is 1. The van der Waals surface area contributed by atoms with Crippen molar-refractivity contribution in [3.05, 3.63) is 71.2 Å². The van der Waals surface area contributed by atoms with Gasteiger partial charge in [0.25, 0.3) is 0 Å². The molecule has 3 aromatic rings. The number of thiophene rings is 1. The van der Waals surface area contributed by atoms with Crippen molar-refractivity contribution in [2.75, 3.05) is 7.05 Å². The lowest BCUT2D eigenvalue weighted by Crippen LogP contribution is -1.97. The fourth-order valence-electron chi connectivity index (χ4n) is 2.36. The number of ether oxygens (including phenoxy) is 1. The highest BCUT2D eigenvalue weighted by atomic mass is 32.1. The summed E-state index contributed by atoms with van der Waals surface area (Å²) in [4.78, 5) is 13.0. The first kappa shape index (κ1) is 15.3. The molecule has 0 spiro atoms. The summed E-state index contributed by atoms with van der Waals surface area (Å²) in [7, 11) is 1.77. The van der Waals surface area contributed by atoms with Crippen molar-refractivity contribution >= 4 is 27.2 Å². The molecule has 0 saturated heterocycles. The molecule has 0 radical (unpaired) electrons. The minimum atomic E-state index is 0.0172. The Morgan fingerprint density at radius 1 is 1.13 bits per heavy atom. The van der Waals surface area contributed by atoms with Gasteiger partial charge in [-0.05, 0) is 48.2 Å². The van der Waals surface area contributed by atoms with Gasteiger partial charge < -0.3 is 10.1 Å². The number of carbonyl (C=O) groups is 1. The van der Waals surface area contributed by atoms with E-state index >= 15 is 0 Å². The quantitative estimate of drug-likeness (QED) is 0.535. The Morgan fingerprint density at radius 3 is 2.65 bits per heavy atom. The molecule has 2 aromatic carbocycles. The van der Waals surface area contributed by atoms with Gasteiger partial charge in [-0.15, -0.1) is 11.3 Å². The molecule has 0 fully saturated rings. The Labute approximate surface area is 139 Å². The monoisotopic (exact) mass is 323 g/mol. The molecule has 0 aliphatic rings. The second-order valence-electron chi connectivity index (χ2n) is 5.12. The Balaban J connectivity index is 1.95. The molecule has 1 aromatic heterocycles. The Morgan fingerprint density at radius 2 is 1.91 bits per heavy atom. The predicted molar refractivity (Wildman–Crippen MR) is 95.6 cm³/mol. The molecule has 0 amide bonds. The Kier molecular flexibility index (Phi) is 4.44. The molecule has 3 nitrogen and oxygen atoms in total. The number of carbonyl (C=O) groups excluding carboxylic acids is 1. The van der Waals surface area contributed by atoms with Gasteiger partial charge in [0.1, 0.15) is 11.5 Å². The van der Waals surface area contributed by atoms with E-state index in [2.05, 4.69) is 5.32 Å². The van der Waals surface area contributed by atoms with E-state index in [1.54, 1.807) is 19.3 Å². The van der Waals surface area contributed by atoms with Crippen LogP contribution in [0, 0.1) is 6.92 Å². The van der Waals surface area contributed by atoms with Crippen LogP contribution in [0.3, 0.4) is 0 Å². The van der Waals surface area contributed by atoms with Gasteiger partial charge in [0.2, 0.25) is 0 Å². The van der Waals surface area contributed by atoms with Crippen molar-refractivity contribution in [1.82, 2.24) is 5.32 Å². The van der Waals surface area contributed by atoms with Gasteiger partial charge in [0.15, 0.2) is 5.78 Å². The first-order chi connectivity index (χ1) is 11.2. The summed E-state index contributed by atoms with van der Waals surface area (Å²) in [5.41, 5.74) is 0.995. The number of aryl methyl sites for hydroxylation is 1. The average molecular weight is 323 g/mol. The van der Waals surface area contributed by atoms with Gasteiger partial charge in [0, 0.05) is 24.0 Å². The van der Waals surface area contributed by atoms with Crippen LogP contribution in [0.2, 0.25) is 0 Å². The third-order valence-electron chi connectivity index (χ3n) is 3.51. The third-order valence-corrected chi connectivity index (χ3v) is 4.80. The first-order valence-corrected chi connectivity index (χ1v) is 8.15. The second-order valence-corrected chi connectivity index (χ2v) is 6.17. The largest absolute Gasteiger partial charge is 0.457 e. The van der Waals surface area contributed by atoms with Crippen LogP contribution in [0.15, 0.2) is 60.8 Å². The number of rotatable bonds is 5. The molecule has 0 aliphatic heterocycles. The molecule has 0 bridgehead atoms. The molecule has 1 heterocycles.